The molecular formula is C19H30IN3O2S. The molecule has 1 aliphatic heterocycles. The van der Waals surface area contributed by atoms with Gasteiger partial charge >= 0.3 is 5.97 Å². The van der Waals surface area contributed by atoms with Crippen molar-refractivity contribution in [3.8, 4) is 0 Å². The number of nitrogens with one attached hydrogen (secondary N) is 1. The molecule has 2 rings (SSSR count). The summed E-state index contributed by atoms with van der Waals surface area (Å²) >= 11 is 2.07. The summed E-state index contributed by atoms with van der Waals surface area (Å²) in [4.78, 5) is 18.3. The van der Waals surface area contributed by atoms with Crippen LogP contribution in [0.5, 0.6) is 0 Å². The van der Waals surface area contributed by atoms with Gasteiger partial charge in [0, 0.05) is 37.7 Å². The lowest BCUT2D eigenvalue weighted by Crippen LogP contribution is -2.49. The standard InChI is InChI=1S/C19H29N3O2S.HI/c1-14(2)17-13-22(11-12-25-17)19(20-3)21-10-9-15-5-7-16(8-6-15)18(23)24-4;/h5-8,14,17H,9-13H2,1-4H3,(H,20,21);1H. The molecule has 1 heterocycles. The number of carbonyl (C=O) groups excluding carboxylic acids is 1. The van der Waals surface area contributed by atoms with Crippen molar-refractivity contribution in [2.75, 3.05) is 39.5 Å². The molecule has 0 aromatic heterocycles. The molecule has 1 fully saturated rings. The zero-order valence-corrected chi connectivity index (χ0v) is 19.2. The summed E-state index contributed by atoms with van der Waals surface area (Å²) in [6, 6.07) is 7.57. The average Bonchev–Trinajstić information content (AvgIpc) is 2.65. The minimum atomic E-state index is -0.298. The van der Waals surface area contributed by atoms with Gasteiger partial charge in [-0.15, -0.1) is 24.0 Å². The molecule has 1 atom stereocenters. The van der Waals surface area contributed by atoms with E-state index in [0.29, 0.717) is 16.7 Å². The third-order valence-corrected chi connectivity index (χ3v) is 5.96. The van der Waals surface area contributed by atoms with Crippen molar-refractivity contribution >= 4 is 47.7 Å². The molecular weight excluding hydrogens is 461 g/mol. The van der Waals surface area contributed by atoms with E-state index in [0.717, 1.165) is 37.8 Å². The number of halogens is 1. The third-order valence-electron chi connectivity index (χ3n) is 4.42. The van der Waals surface area contributed by atoms with Crippen LogP contribution in [0.3, 0.4) is 0 Å². The number of nitrogens with zero attached hydrogens (tertiary/aromatic N) is 2. The second-order valence-corrected chi connectivity index (χ2v) is 7.86. The number of esters is 1. The molecule has 0 aliphatic carbocycles. The van der Waals surface area contributed by atoms with Crippen LogP contribution in [0.4, 0.5) is 0 Å². The number of carbonyl (C=O) groups is 1. The Balaban J connectivity index is 0.00000338. The van der Waals surface area contributed by atoms with Crippen molar-refractivity contribution in [1.82, 2.24) is 10.2 Å². The van der Waals surface area contributed by atoms with Gasteiger partial charge in [-0.1, -0.05) is 26.0 Å². The highest BCUT2D eigenvalue weighted by Gasteiger charge is 2.24. The Labute approximate surface area is 178 Å². The molecule has 1 N–H and O–H groups in total. The van der Waals surface area contributed by atoms with Gasteiger partial charge in [0.1, 0.15) is 0 Å². The van der Waals surface area contributed by atoms with Gasteiger partial charge in [-0.25, -0.2) is 4.79 Å². The van der Waals surface area contributed by atoms with Gasteiger partial charge in [0.2, 0.25) is 0 Å². The van der Waals surface area contributed by atoms with Crippen molar-refractivity contribution in [2.45, 2.75) is 25.5 Å². The maximum atomic E-state index is 11.5. The van der Waals surface area contributed by atoms with Crippen LogP contribution in [0.15, 0.2) is 29.3 Å². The number of hydrogen-bond acceptors (Lipinski definition) is 4. The van der Waals surface area contributed by atoms with Crippen molar-refractivity contribution in [3.05, 3.63) is 35.4 Å². The Morgan fingerprint density at radius 2 is 2.08 bits per heavy atom. The number of aliphatic imine (C=N–C) groups is 1. The number of thioether (sulfide) groups is 1. The van der Waals surface area contributed by atoms with E-state index in [4.69, 9.17) is 4.74 Å². The molecule has 0 radical (unpaired) electrons. The van der Waals surface area contributed by atoms with E-state index in [9.17, 15) is 4.79 Å². The highest BCUT2D eigenvalue weighted by molar-refractivity contribution is 14.0. The summed E-state index contributed by atoms with van der Waals surface area (Å²) in [6.07, 6.45) is 0.886. The average molecular weight is 491 g/mol. The molecule has 0 spiro atoms. The van der Waals surface area contributed by atoms with Crippen molar-refractivity contribution < 1.29 is 9.53 Å². The van der Waals surface area contributed by atoms with Crippen LogP contribution in [-0.2, 0) is 11.2 Å². The van der Waals surface area contributed by atoms with E-state index in [2.05, 4.69) is 40.8 Å². The maximum Gasteiger partial charge on any atom is 0.337 e. The molecule has 1 saturated heterocycles. The molecule has 0 amide bonds. The Morgan fingerprint density at radius 3 is 2.65 bits per heavy atom. The van der Waals surface area contributed by atoms with E-state index in [-0.39, 0.29) is 29.9 Å². The number of methoxy groups -OCH3 is 1. The van der Waals surface area contributed by atoms with Crippen LogP contribution in [-0.4, -0.2) is 61.6 Å². The van der Waals surface area contributed by atoms with Gasteiger partial charge in [0.25, 0.3) is 0 Å². The van der Waals surface area contributed by atoms with E-state index in [1.165, 1.54) is 12.7 Å². The van der Waals surface area contributed by atoms with E-state index in [1.807, 2.05) is 31.3 Å². The smallest absolute Gasteiger partial charge is 0.337 e. The fraction of sp³-hybridized carbons (Fsp3) is 0.579. The fourth-order valence-corrected chi connectivity index (χ4v) is 4.15. The van der Waals surface area contributed by atoms with Gasteiger partial charge in [0.05, 0.1) is 12.7 Å². The van der Waals surface area contributed by atoms with Gasteiger partial charge in [-0.05, 0) is 30.0 Å². The lowest BCUT2D eigenvalue weighted by Gasteiger charge is -2.36. The minimum Gasteiger partial charge on any atom is -0.465 e. The Kier molecular flexibility index (Phi) is 10.4. The fourth-order valence-electron chi connectivity index (χ4n) is 2.85. The van der Waals surface area contributed by atoms with Gasteiger partial charge < -0.3 is 15.0 Å². The summed E-state index contributed by atoms with van der Waals surface area (Å²) in [5, 5.41) is 4.14. The zero-order valence-electron chi connectivity index (χ0n) is 16.0. The molecule has 26 heavy (non-hydrogen) atoms. The minimum absolute atomic E-state index is 0. The summed E-state index contributed by atoms with van der Waals surface area (Å²) in [5.41, 5.74) is 1.77. The van der Waals surface area contributed by atoms with Gasteiger partial charge in [-0.2, -0.15) is 11.8 Å². The summed E-state index contributed by atoms with van der Waals surface area (Å²) in [5.74, 6) is 2.52. The van der Waals surface area contributed by atoms with Crippen LogP contribution in [0.1, 0.15) is 29.8 Å². The van der Waals surface area contributed by atoms with Crippen molar-refractivity contribution in [1.29, 1.82) is 0 Å². The number of guanidine groups is 1. The lowest BCUT2D eigenvalue weighted by atomic mass is 10.1. The molecule has 1 aromatic rings. The number of ether oxygens (including phenoxy) is 1. The highest BCUT2D eigenvalue weighted by atomic mass is 127. The van der Waals surface area contributed by atoms with Gasteiger partial charge in [0.15, 0.2) is 5.96 Å². The maximum absolute atomic E-state index is 11.5. The summed E-state index contributed by atoms with van der Waals surface area (Å²) in [7, 11) is 3.24. The first-order valence-electron chi connectivity index (χ1n) is 8.79. The summed E-state index contributed by atoms with van der Waals surface area (Å²) in [6.45, 7) is 7.49. The van der Waals surface area contributed by atoms with Crippen molar-refractivity contribution in [2.24, 2.45) is 10.9 Å². The lowest BCUT2D eigenvalue weighted by molar-refractivity contribution is 0.0600. The summed E-state index contributed by atoms with van der Waals surface area (Å²) < 4.78 is 4.72. The molecule has 0 saturated carbocycles. The number of rotatable bonds is 5. The van der Waals surface area contributed by atoms with E-state index in [1.54, 1.807) is 0 Å². The van der Waals surface area contributed by atoms with Crippen molar-refractivity contribution in [3.63, 3.8) is 0 Å². The van der Waals surface area contributed by atoms with E-state index < -0.39 is 0 Å². The Bertz CT molecular complexity index is 593. The normalized spacial score (nSPS) is 17.7. The van der Waals surface area contributed by atoms with Crippen LogP contribution >= 0.6 is 35.7 Å². The molecule has 0 bridgehead atoms. The zero-order chi connectivity index (χ0) is 18.2. The molecule has 146 valence electrons. The first kappa shape index (κ1) is 23.1. The SMILES string of the molecule is CN=C(NCCc1ccc(C(=O)OC)cc1)N1CCSC(C(C)C)C1.I. The molecule has 1 aliphatic rings. The van der Waals surface area contributed by atoms with E-state index >= 15 is 0 Å². The van der Waals surface area contributed by atoms with Crippen LogP contribution in [0.2, 0.25) is 0 Å². The Hall–Kier alpha value is -0.960. The first-order chi connectivity index (χ1) is 12.0. The number of hydrogen-bond donors (Lipinski definition) is 1. The van der Waals surface area contributed by atoms with Gasteiger partial charge in [-0.3, -0.25) is 4.99 Å². The van der Waals surface area contributed by atoms with Crippen LogP contribution < -0.4 is 5.32 Å². The number of benzene rings is 1. The predicted molar refractivity (Wildman–Crippen MR) is 121 cm³/mol. The molecule has 1 unspecified atom stereocenters. The quantitative estimate of drug-likeness (QED) is 0.297. The van der Waals surface area contributed by atoms with Crippen LogP contribution in [0.25, 0.3) is 0 Å². The second kappa shape index (κ2) is 11.7. The monoisotopic (exact) mass is 491 g/mol. The topological polar surface area (TPSA) is 53.9 Å². The Morgan fingerprint density at radius 1 is 1.38 bits per heavy atom. The molecule has 1 aromatic carbocycles. The third kappa shape index (κ3) is 6.64. The largest absolute Gasteiger partial charge is 0.465 e. The highest BCUT2D eigenvalue weighted by Crippen LogP contribution is 2.24. The van der Waals surface area contributed by atoms with Crippen LogP contribution in [0, 0.1) is 5.92 Å². The molecule has 7 heteroatoms. The molecule has 5 nitrogen and oxygen atoms in total. The predicted octanol–water partition coefficient (Wildman–Crippen LogP) is 3.28. The second-order valence-electron chi connectivity index (χ2n) is 6.51. The first-order valence-corrected chi connectivity index (χ1v) is 9.84.